The van der Waals surface area contributed by atoms with Crippen molar-refractivity contribution in [3.8, 4) is 16.3 Å². The van der Waals surface area contributed by atoms with Gasteiger partial charge in [0.25, 0.3) is 5.69 Å². The summed E-state index contributed by atoms with van der Waals surface area (Å²) in [6.07, 6.45) is -4.67. The Bertz CT molecular complexity index is 1110. The average molecular weight is 470 g/mol. The number of hydrogen-bond donors (Lipinski definition) is 1. The average Bonchev–Trinajstić information content (AvgIpc) is 3.26. The number of methoxy groups -OCH3 is 1. The molecule has 162 valence electrons. The first-order chi connectivity index (χ1) is 14.7. The van der Waals surface area contributed by atoms with Crippen LogP contribution in [-0.2, 0) is 11.0 Å². The number of hydrogen-bond acceptors (Lipinski definition) is 8. The van der Waals surface area contributed by atoms with E-state index in [1.165, 1.54) is 30.6 Å². The second-order valence-electron chi connectivity index (χ2n) is 5.91. The zero-order valence-electron chi connectivity index (χ0n) is 15.7. The van der Waals surface area contributed by atoms with E-state index in [0.29, 0.717) is 16.6 Å². The molecule has 0 aliphatic carbocycles. The molecule has 0 unspecified atom stereocenters. The van der Waals surface area contributed by atoms with Crippen LogP contribution >= 0.6 is 23.1 Å². The topological polar surface area (TPSA) is 107 Å². The summed E-state index contributed by atoms with van der Waals surface area (Å²) in [5, 5.41) is 14.9. The Labute approximate surface area is 181 Å². The normalized spacial score (nSPS) is 11.2. The highest BCUT2D eigenvalue weighted by Crippen LogP contribution is 2.33. The molecule has 0 fully saturated rings. The first kappa shape index (κ1) is 22.5. The number of ether oxygens (including phenoxy) is 1. The fourth-order valence-corrected chi connectivity index (χ4v) is 3.74. The first-order valence-corrected chi connectivity index (χ1v) is 10.3. The van der Waals surface area contributed by atoms with Gasteiger partial charge in [0.15, 0.2) is 5.16 Å². The van der Waals surface area contributed by atoms with Crippen LogP contribution in [0.25, 0.3) is 10.6 Å². The van der Waals surface area contributed by atoms with Crippen LogP contribution in [0.1, 0.15) is 5.69 Å². The number of rotatable bonds is 7. The van der Waals surface area contributed by atoms with E-state index in [4.69, 9.17) is 4.74 Å². The number of nitro groups is 1. The lowest BCUT2D eigenvalue weighted by molar-refractivity contribution is -0.384. The van der Waals surface area contributed by atoms with Gasteiger partial charge in [0.1, 0.15) is 11.4 Å². The van der Waals surface area contributed by atoms with Crippen LogP contribution in [0, 0.1) is 10.1 Å². The molecule has 3 rings (SSSR count). The van der Waals surface area contributed by atoms with Crippen molar-refractivity contribution in [2.45, 2.75) is 11.3 Å². The summed E-state index contributed by atoms with van der Waals surface area (Å²) in [6.45, 7) is 0. The predicted molar refractivity (Wildman–Crippen MR) is 109 cm³/mol. The lowest BCUT2D eigenvalue weighted by Crippen LogP contribution is -2.15. The van der Waals surface area contributed by atoms with E-state index in [0.717, 1.165) is 12.1 Å². The third kappa shape index (κ3) is 5.92. The minimum absolute atomic E-state index is 0.101. The summed E-state index contributed by atoms with van der Waals surface area (Å²) < 4.78 is 44.6. The molecule has 13 heteroatoms. The fourth-order valence-electron chi connectivity index (χ4n) is 2.39. The molecule has 0 atom stereocenters. The molecule has 2 aromatic heterocycles. The van der Waals surface area contributed by atoms with Crippen molar-refractivity contribution in [2.75, 3.05) is 18.2 Å². The number of thioether (sulfide) groups is 1. The Balaban J connectivity index is 1.76. The van der Waals surface area contributed by atoms with Crippen molar-refractivity contribution in [1.29, 1.82) is 0 Å². The summed E-state index contributed by atoms with van der Waals surface area (Å²) in [7, 11) is 1.32. The number of alkyl halides is 3. The minimum Gasteiger partial charge on any atom is -0.496 e. The van der Waals surface area contributed by atoms with E-state index in [2.05, 4.69) is 15.3 Å². The van der Waals surface area contributed by atoms with E-state index in [1.54, 1.807) is 17.5 Å². The number of halogens is 3. The van der Waals surface area contributed by atoms with E-state index in [9.17, 15) is 28.1 Å². The molecule has 1 aromatic carbocycles. The van der Waals surface area contributed by atoms with Gasteiger partial charge in [0, 0.05) is 12.1 Å². The maximum absolute atomic E-state index is 13.2. The quantitative estimate of drug-likeness (QED) is 0.227. The van der Waals surface area contributed by atoms with Crippen molar-refractivity contribution < 1.29 is 27.6 Å². The zero-order valence-corrected chi connectivity index (χ0v) is 17.3. The third-order valence-electron chi connectivity index (χ3n) is 3.72. The highest BCUT2D eigenvalue weighted by Gasteiger charge is 2.34. The van der Waals surface area contributed by atoms with Gasteiger partial charge < -0.3 is 10.1 Å². The molecule has 0 saturated heterocycles. The molecule has 2 heterocycles. The van der Waals surface area contributed by atoms with Gasteiger partial charge in [-0.3, -0.25) is 14.9 Å². The molecule has 1 N–H and O–H groups in total. The van der Waals surface area contributed by atoms with Crippen LogP contribution in [0.5, 0.6) is 5.75 Å². The smallest absolute Gasteiger partial charge is 0.433 e. The molecule has 0 aliphatic heterocycles. The van der Waals surface area contributed by atoms with E-state index in [-0.39, 0.29) is 33.7 Å². The summed E-state index contributed by atoms with van der Waals surface area (Å²) in [5.74, 6) is -0.749. The molecule has 1 amide bonds. The number of aromatic nitrogens is 2. The predicted octanol–water partition coefficient (Wildman–Crippen LogP) is 4.87. The van der Waals surface area contributed by atoms with Crippen LogP contribution in [0.4, 0.5) is 24.5 Å². The van der Waals surface area contributed by atoms with E-state index >= 15 is 0 Å². The van der Waals surface area contributed by atoms with E-state index < -0.39 is 22.7 Å². The Morgan fingerprint density at radius 2 is 2.06 bits per heavy atom. The fraction of sp³-hybridized carbons (Fsp3) is 0.167. The summed E-state index contributed by atoms with van der Waals surface area (Å²) >= 11 is 1.94. The minimum atomic E-state index is -4.67. The van der Waals surface area contributed by atoms with Gasteiger partial charge in [-0.1, -0.05) is 17.8 Å². The van der Waals surface area contributed by atoms with Crippen molar-refractivity contribution in [1.82, 2.24) is 9.97 Å². The number of nitrogens with one attached hydrogen (secondary N) is 1. The molecule has 0 spiro atoms. The molecule has 0 saturated carbocycles. The van der Waals surface area contributed by atoms with Gasteiger partial charge in [-0.2, -0.15) is 13.2 Å². The van der Waals surface area contributed by atoms with Gasteiger partial charge in [0.2, 0.25) is 5.91 Å². The van der Waals surface area contributed by atoms with Crippen LogP contribution in [0.3, 0.4) is 0 Å². The molecule has 0 radical (unpaired) electrons. The number of carbonyl (C=O) groups is 1. The Morgan fingerprint density at radius 3 is 2.68 bits per heavy atom. The number of benzene rings is 1. The Hall–Kier alpha value is -3.19. The lowest BCUT2D eigenvalue weighted by Gasteiger charge is -2.10. The third-order valence-corrected chi connectivity index (χ3v) is 5.46. The van der Waals surface area contributed by atoms with Crippen molar-refractivity contribution in [3.05, 3.63) is 57.6 Å². The first-order valence-electron chi connectivity index (χ1n) is 8.42. The zero-order chi connectivity index (χ0) is 22.6. The number of thiophene rings is 1. The van der Waals surface area contributed by atoms with Gasteiger partial charge in [0.05, 0.1) is 40.1 Å². The lowest BCUT2D eigenvalue weighted by atomic mass is 10.2. The van der Waals surface area contributed by atoms with Gasteiger partial charge in [-0.15, -0.1) is 11.3 Å². The van der Waals surface area contributed by atoms with Crippen LogP contribution in [0.15, 0.2) is 46.9 Å². The number of nitro benzene ring substituents is 1. The maximum atomic E-state index is 13.2. The monoisotopic (exact) mass is 470 g/mol. The summed E-state index contributed by atoms with van der Waals surface area (Å²) in [6, 6.07) is 7.87. The number of non-ortho nitro benzene ring substituents is 1. The molecule has 0 bridgehead atoms. The van der Waals surface area contributed by atoms with Crippen LogP contribution in [0.2, 0.25) is 0 Å². The molecular formula is C18H13F3N4O4S2. The largest absolute Gasteiger partial charge is 0.496 e. The van der Waals surface area contributed by atoms with Gasteiger partial charge in [-0.25, -0.2) is 9.97 Å². The molecule has 31 heavy (non-hydrogen) atoms. The Morgan fingerprint density at radius 1 is 1.29 bits per heavy atom. The summed E-state index contributed by atoms with van der Waals surface area (Å²) in [4.78, 5) is 30.7. The molecule has 0 aliphatic rings. The SMILES string of the molecule is COc1cc(NC(=O)CSc2nc(-c3cccs3)cc(C(F)(F)F)n2)cc([N+](=O)[O-])c1. The second kappa shape index (κ2) is 9.31. The van der Waals surface area contributed by atoms with Crippen molar-refractivity contribution in [2.24, 2.45) is 0 Å². The highest BCUT2D eigenvalue weighted by molar-refractivity contribution is 7.99. The van der Waals surface area contributed by atoms with Crippen LogP contribution in [-0.4, -0.2) is 33.7 Å². The number of nitrogens with zero attached hydrogens (tertiary/aromatic N) is 3. The van der Waals surface area contributed by atoms with Crippen molar-refractivity contribution in [3.63, 3.8) is 0 Å². The van der Waals surface area contributed by atoms with Gasteiger partial charge in [-0.05, 0) is 17.5 Å². The standard InChI is InChI=1S/C18H13F3N4O4S2/c1-29-12-6-10(5-11(7-12)25(27)28)22-16(26)9-31-17-23-13(14-3-2-4-30-14)8-15(24-17)18(19,20)21/h2-8H,9H2,1H3,(H,22,26). The molecule has 3 aromatic rings. The number of carbonyl (C=O) groups excluding carboxylic acids is 1. The maximum Gasteiger partial charge on any atom is 0.433 e. The summed E-state index contributed by atoms with van der Waals surface area (Å²) in [5.41, 5.74) is -1.19. The number of amides is 1. The highest BCUT2D eigenvalue weighted by atomic mass is 32.2. The second-order valence-corrected chi connectivity index (χ2v) is 7.80. The molecule has 8 nitrogen and oxygen atoms in total. The number of anilines is 1. The van der Waals surface area contributed by atoms with Crippen LogP contribution < -0.4 is 10.1 Å². The van der Waals surface area contributed by atoms with Crippen molar-refractivity contribution >= 4 is 40.4 Å². The Kier molecular flexibility index (Phi) is 6.75. The molecular weight excluding hydrogens is 457 g/mol. The van der Waals surface area contributed by atoms with Gasteiger partial charge >= 0.3 is 6.18 Å². The van der Waals surface area contributed by atoms with E-state index in [1.807, 2.05) is 0 Å².